The first-order chi connectivity index (χ1) is 0. The molecule has 0 fully saturated rings. The Morgan fingerprint density at radius 2 is 0.750 bits per heavy atom. The van der Waals surface area contributed by atoms with Crippen LogP contribution in [-0.4, -0.2) is 0 Å². The molecule has 0 aromatic carbocycles. The van der Waals surface area contributed by atoms with Gasteiger partial charge >= 0.3 is 21.7 Å². The van der Waals surface area contributed by atoms with Crippen LogP contribution in [0.4, 0.5) is 0 Å². The van der Waals surface area contributed by atoms with Crippen LogP contribution in [0.25, 0.3) is 0 Å². The molecule has 26 valence electrons. The third-order valence-corrected chi connectivity index (χ3v) is 0. The van der Waals surface area contributed by atoms with Gasteiger partial charge in [-0.15, -0.1) is 0 Å². The molecule has 0 aliphatic carbocycles. The molecule has 0 rings (SSSR count). The molecule has 4 heavy (non-hydrogen) atoms. The second-order valence-electron chi connectivity index (χ2n) is 0. The van der Waals surface area contributed by atoms with Gasteiger partial charge in [-0.1, -0.05) is 0 Å². The van der Waals surface area contributed by atoms with Crippen molar-refractivity contribution in [1.29, 1.82) is 0 Å². The van der Waals surface area contributed by atoms with Gasteiger partial charge in [-0.05, 0) is 0 Å². The zero-order valence-corrected chi connectivity index (χ0v) is 5.20. The van der Waals surface area contributed by atoms with Crippen molar-refractivity contribution in [2.75, 3.05) is 0 Å². The predicted molar refractivity (Wildman–Crippen MR) is 12.8 cm³/mol. The number of hydrogen-bond donors (Lipinski definition) is 0. The average molecular weight is 113 g/mol. The van der Waals surface area contributed by atoms with Crippen molar-refractivity contribution in [3.63, 3.8) is 0 Å². The Balaban J connectivity index is 0. The van der Waals surface area contributed by atoms with Crippen molar-refractivity contribution in [2.24, 2.45) is 0 Å². The van der Waals surface area contributed by atoms with E-state index >= 15 is 0 Å². The van der Waals surface area contributed by atoms with Gasteiger partial charge in [0.15, 0.2) is 0 Å². The zero-order chi connectivity index (χ0) is 0. The predicted octanol–water partition coefficient (Wildman–Crippen LogP) is -2.10. The molecule has 0 atom stereocenters. The van der Waals surface area contributed by atoms with E-state index in [1.165, 1.54) is 0 Å². The third-order valence-electron chi connectivity index (χ3n) is 0. The van der Waals surface area contributed by atoms with E-state index in [-0.39, 0.29) is 49.0 Å². The molecular formula is C2H6ClTi-. The van der Waals surface area contributed by atoms with Crippen molar-refractivity contribution < 1.29 is 34.1 Å². The summed E-state index contributed by atoms with van der Waals surface area (Å²) in [4.78, 5) is 0. The fraction of sp³-hybridized carbons (Fsp3) is 0. The van der Waals surface area contributed by atoms with Gasteiger partial charge in [0.05, 0.1) is 0 Å². The molecule has 0 heterocycles. The maximum atomic E-state index is 0. The summed E-state index contributed by atoms with van der Waals surface area (Å²) in [7, 11) is 0. The van der Waals surface area contributed by atoms with Crippen LogP contribution in [-0.2, 0) is 21.7 Å². The van der Waals surface area contributed by atoms with Crippen molar-refractivity contribution in [1.82, 2.24) is 0 Å². The van der Waals surface area contributed by atoms with Gasteiger partial charge in [0, 0.05) is 0 Å². The number of rotatable bonds is 0. The second kappa shape index (κ2) is 35.8. The van der Waals surface area contributed by atoms with E-state index in [1.54, 1.807) is 0 Å². The second-order valence-corrected chi connectivity index (χ2v) is 0. The van der Waals surface area contributed by atoms with Crippen LogP contribution in [0.1, 0.15) is 0 Å². The van der Waals surface area contributed by atoms with Gasteiger partial charge in [0.1, 0.15) is 0 Å². The topological polar surface area (TPSA) is 0 Å². The minimum atomic E-state index is 0. The normalized spacial score (nSPS) is 0. The quantitative estimate of drug-likeness (QED) is 0.249. The molecule has 0 amide bonds. The fourth-order valence-electron chi connectivity index (χ4n) is 0. The van der Waals surface area contributed by atoms with Gasteiger partial charge in [0.2, 0.25) is 0 Å². The molecule has 0 saturated heterocycles. The van der Waals surface area contributed by atoms with Gasteiger partial charge in [0.25, 0.3) is 0 Å². The van der Waals surface area contributed by atoms with Crippen molar-refractivity contribution in [3.8, 4) is 0 Å². The van der Waals surface area contributed by atoms with Gasteiger partial charge < -0.3 is 27.3 Å². The molecule has 0 saturated carbocycles. The minimum absolute atomic E-state index is 0. The first-order valence-corrected chi connectivity index (χ1v) is 0. The molecule has 0 aromatic heterocycles. The average Bonchev–Trinajstić information content (AvgIpc) is 0. The van der Waals surface area contributed by atoms with Gasteiger partial charge in [-0.25, -0.2) is 0 Å². The van der Waals surface area contributed by atoms with Crippen molar-refractivity contribution in [3.05, 3.63) is 14.9 Å². The molecule has 0 aliphatic heterocycles. The Labute approximate surface area is 49.3 Å². The number of halogens is 1. The van der Waals surface area contributed by atoms with Crippen LogP contribution in [0.2, 0.25) is 0 Å². The van der Waals surface area contributed by atoms with Gasteiger partial charge in [-0.2, -0.15) is 0 Å². The molecular weight excluding hydrogens is 107 g/mol. The van der Waals surface area contributed by atoms with E-state index in [0.29, 0.717) is 0 Å². The standard InChI is InChI=1S/2CH3.ClH.Ti/h2*1H3;1H;/q2*-1;;+2/p-1. The van der Waals surface area contributed by atoms with E-state index in [1.807, 2.05) is 0 Å². The van der Waals surface area contributed by atoms with Crippen molar-refractivity contribution >= 4 is 0 Å². The Hall–Kier alpha value is 1.00. The maximum Gasteiger partial charge on any atom is 2.00 e. The van der Waals surface area contributed by atoms with Crippen LogP contribution < -0.4 is 12.4 Å². The minimum Gasteiger partial charge on any atom is -1.00 e. The summed E-state index contributed by atoms with van der Waals surface area (Å²) in [6.45, 7) is 0. The zero-order valence-electron chi connectivity index (χ0n) is 2.88. The summed E-state index contributed by atoms with van der Waals surface area (Å²) in [6, 6.07) is 0. The van der Waals surface area contributed by atoms with E-state index in [0.717, 1.165) is 0 Å². The first-order valence-electron chi connectivity index (χ1n) is 0. The molecule has 0 bridgehead atoms. The summed E-state index contributed by atoms with van der Waals surface area (Å²) in [6.07, 6.45) is 0. The van der Waals surface area contributed by atoms with Gasteiger partial charge in [-0.3, -0.25) is 0 Å². The van der Waals surface area contributed by atoms with Crippen LogP contribution in [0.5, 0.6) is 0 Å². The third kappa shape index (κ3) is 12.0. The Morgan fingerprint density at radius 1 is 0.750 bits per heavy atom. The van der Waals surface area contributed by atoms with Crippen molar-refractivity contribution in [2.45, 2.75) is 0 Å². The first kappa shape index (κ1) is 79.6. The molecule has 0 aromatic rings. The summed E-state index contributed by atoms with van der Waals surface area (Å²) >= 11 is 0. The van der Waals surface area contributed by atoms with E-state index in [4.69, 9.17) is 0 Å². The Morgan fingerprint density at radius 3 is 0.750 bits per heavy atom. The molecule has 0 N–H and O–H groups in total. The van der Waals surface area contributed by atoms with E-state index < -0.39 is 0 Å². The molecule has 0 nitrogen and oxygen atoms in total. The summed E-state index contributed by atoms with van der Waals surface area (Å²) in [5, 5.41) is 0. The smallest absolute Gasteiger partial charge is 1.00 e. The largest absolute Gasteiger partial charge is 2.00 e. The molecule has 0 aliphatic rings. The summed E-state index contributed by atoms with van der Waals surface area (Å²) < 4.78 is 0. The Bertz CT molecular complexity index is 6.00. The monoisotopic (exact) mass is 113 g/mol. The number of hydrogen-bond acceptors (Lipinski definition) is 0. The molecule has 2 heteroatoms. The summed E-state index contributed by atoms with van der Waals surface area (Å²) in [5.74, 6) is 0. The van der Waals surface area contributed by atoms with Crippen LogP contribution >= 0.6 is 0 Å². The summed E-state index contributed by atoms with van der Waals surface area (Å²) in [5.41, 5.74) is 0. The van der Waals surface area contributed by atoms with Crippen LogP contribution in [0.3, 0.4) is 0 Å². The van der Waals surface area contributed by atoms with E-state index in [9.17, 15) is 0 Å². The Kier molecular flexibility index (Phi) is 713. The fourth-order valence-corrected chi connectivity index (χ4v) is 0. The van der Waals surface area contributed by atoms with Crippen LogP contribution in [0.15, 0.2) is 0 Å². The molecule has 0 unspecified atom stereocenters. The molecule has 0 radical (unpaired) electrons. The SMILES string of the molecule is [CH3-].[CH3-].[Cl-].[Ti+2]. The molecule has 0 spiro atoms. The van der Waals surface area contributed by atoms with Crippen LogP contribution in [0, 0.1) is 14.9 Å². The van der Waals surface area contributed by atoms with E-state index in [2.05, 4.69) is 0 Å². The maximum absolute atomic E-state index is 0.